The predicted octanol–water partition coefficient (Wildman–Crippen LogP) is 4.22. The van der Waals surface area contributed by atoms with Gasteiger partial charge in [0.25, 0.3) is 0 Å². The topological polar surface area (TPSA) is 12.0 Å². The van der Waals surface area contributed by atoms with Gasteiger partial charge in [-0.1, -0.05) is 13.3 Å². The van der Waals surface area contributed by atoms with E-state index in [1.165, 1.54) is 25.0 Å². The normalized spacial score (nSPS) is 27.5. The fraction of sp³-hybridized carbons (Fsp3) is 0.600. The van der Waals surface area contributed by atoms with Gasteiger partial charge in [-0.05, 0) is 50.4 Å². The fourth-order valence-electron chi connectivity index (χ4n) is 2.77. The van der Waals surface area contributed by atoms with E-state index in [0.29, 0.717) is 11.3 Å². The second-order valence-electron chi connectivity index (χ2n) is 5.21. The fourth-order valence-corrected chi connectivity index (χ4v) is 4.24. The Morgan fingerprint density at radius 1 is 1.26 bits per heavy atom. The van der Waals surface area contributed by atoms with Crippen LogP contribution >= 0.6 is 11.8 Å². The summed E-state index contributed by atoms with van der Waals surface area (Å²) in [6.07, 6.45) is 4.77. The summed E-state index contributed by atoms with van der Waals surface area (Å²) in [5.41, 5.74) is 0. The van der Waals surface area contributed by atoms with Crippen LogP contribution in [0.4, 0.5) is 8.78 Å². The van der Waals surface area contributed by atoms with E-state index in [9.17, 15) is 8.78 Å². The Morgan fingerprint density at radius 2 is 2.05 bits per heavy atom. The van der Waals surface area contributed by atoms with Crippen LogP contribution in [0.25, 0.3) is 0 Å². The Kier molecular flexibility index (Phi) is 5.22. The molecule has 0 aromatic heterocycles. The summed E-state index contributed by atoms with van der Waals surface area (Å²) >= 11 is 1.67. The molecule has 1 nitrogen and oxygen atoms in total. The van der Waals surface area contributed by atoms with Crippen LogP contribution in [-0.4, -0.2) is 18.3 Å². The van der Waals surface area contributed by atoms with Crippen LogP contribution in [0.3, 0.4) is 0 Å². The zero-order chi connectivity index (χ0) is 13.8. The average molecular weight is 285 g/mol. The summed E-state index contributed by atoms with van der Waals surface area (Å²) < 4.78 is 26.2. The van der Waals surface area contributed by atoms with Gasteiger partial charge in [-0.25, -0.2) is 8.78 Å². The molecule has 0 heterocycles. The molecule has 2 rings (SSSR count). The van der Waals surface area contributed by atoms with E-state index < -0.39 is 11.6 Å². The number of thioether (sulfide) groups is 1. The van der Waals surface area contributed by atoms with Crippen molar-refractivity contribution in [3.8, 4) is 0 Å². The van der Waals surface area contributed by atoms with Crippen molar-refractivity contribution in [1.82, 2.24) is 5.32 Å². The Bertz CT molecular complexity index is 425. The summed E-state index contributed by atoms with van der Waals surface area (Å²) in [7, 11) is 1.98. The van der Waals surface area contributed by atoms with Crippen molar-refractivity contribution in [2.75, 3.05) is 7.05 Å². The van der Waals surface area contributed by atoms with Crippen molar-refractivity contribution < 1.29 is 8.78 Å². The highest BCUT2D eigenvalue weighted by atomic mass is 32.2. The van der Waals surface area contributed by atoms with E-state index in [1.54, 1.807) is 17.8 Å². The van der Waals surface area contributed by atoms with Crippen LogP contribution in [0.1, 0.15) is 32.6 Å². The first kappa shape index (κ1) is 14.8. The molecule has 0 amide bonds. The number of benzene rings is 1. The SMILES string of the molecule is CCC1CCC(NC)C(Sc2ccc(F)c(F)c2)C1. The molecule has 0 spiro atoms. The minimum atomic E-state index is -0.774. The van der Waals surface area contributed by atoms with Gasteiger partial charge in [-0.3, -0.25) is 0 Å². The van der Waals surface area contributed by atoms with Crippen molar-refractivity contribution in [2.24, 2.45) is 5.92 Å². The lowest BCUT2D eigenvalue weighted by molar-refractivity contribution is 0.304. The third kappa shape index (κ3) is 3.69. The van der Waals surface area contributed by atoms with Gasteiger partial charge in [0.1, 0.15) is 0 Å². The zero-order valence-corrected chi connectivity index (χ0v) is 12.3. The number of hydrogen-bond donors (Lipinski definition) is 1. The molecular formula is C15H21F2NS. The summed E-state index contributed by atoms with van der Waals surface area (Å²) in [4.78, 5) is 0.820. The van der Waals surface area contributed by atoms with E-state index in [4.69, 9.17) is 0 Å². The molecule has 106 valence electrons. The van der Waals surface area contributed by atoms with Crippen molar-refractivity contribution in [2.45, 2.75) is 48.8 Å². The number of halogens is 2. The molecule has 1 N–H and O–H groups in total. The summed E-state index contributed by atoms with van der Waals surface area (Å²) in [6, 6.07) is 4.65. The molecule has 1 saturated carbocycles. The molecule has 1 aliphatic rings. The van der Waals surface area contributed by atoms with Crippen molar-refractivity contribution >= 4 is 11.8 Å². The molecule has 0 aliphatic heterocycles. The van der Waals surface area contributed by atoms with E-state index in [2.05, 4.69) is 12.2 Å². The molecule has 1 aliphatic carbocycles. The van der Waals surface area contributed by atoms with E-state index in [-0.39, 0.29) is 0 Å². The van der Waals surface area contributed by atoms with Crippen LogP contribution < -0.4 is 5.32 Å². The Balaban J connectivity index is 2.07. The van der Waals surface area contributed by atoms with E-state index in [1.807, 2.05) is 7.05 Å². The first-order chi connectivity index (χ1) is 9.13. The van der Waals surface area contributed by atoms with E-state index in [0.717, 1.165) is 23.7 Å². The highest BCUT2D eigenvalue weighted by Crippen LogP contribution is 2.37. The maximum absolute atomic E-state index is 13.3. The van der Waals surface area contributed by atoms with Gasteiger partial charge in [-0.15, -0.1) is 11.8 Å². The first-order valence-corrected chi connectivity index (χ1v) is 7.81. The summed E-state index contributed by atoms with van der Waals surface area (Å²) in [5, 5.41) is 3.79. The third-order valence-electron chi connectivity index (χ3n) is 4.03. The van der Waals surface area contributed by atoms with Crippen LogP contribution in [0.5, 0.6) is 0 Å². The monoisotopic (exact) mass is 285 g/mol. The van der Waals surface area contributed by atoms with Gasteiger partial charge in [-0.2, -0.15) is 0 Å². The average Bonchev–Trinajstić information content (AvgIpc) is 2.43. The molecule has 1 aromatic rings. The molecule has 0 bridgehead atoms. The first-order valence-electron chi connectivity index (χ1n) is 6.93. The quantitative estimate of drug-likeness (QED) is 0.888. The van der Waals surface area contributed by atoms with Crippen molar-refractivity contribution in [1.29, 1.82) is 0 Å². The van der Waals surface area contributed by atoms with Crippen molar-refractivity contribution in [3.63, 3.8) is 0 Å². The van der Waals surface area contributed by atoms with Crippen LogP contribution in [0, 0.1) is 17.6 Å². The highest BCUT2D eigenvalue weighted by molar-refractivity contribution is 8.00. The zero-order valence-electron chi connectivity index (χ0n) is 11.5. The molecule has 0 radical (unpaired) electrons. The maximum Gasteiger partial charge on any atom is 0.159 e. The number of nitrogens with one attached hydrogen (secondary N) is 1. The van der Waals surface area contributed by atoms with Crippen molar-refractivity contribution in [3.05, 3.63) is 29.8 Å². The van der Waals surface area contributed by atoms with Crippen LogP contribution in [0.15, 0.2) is 23.1 Å². The molecule has 1 fully saturated rings. The third-order valence-corrected chi connectivity index (χ3v) is 5.38. The lowest BCUT2D eigenvalue weighted by Gasteiger charge is -2.35. The minimum absolute atomic E-state index is 0.438. The molecule has 4 heteroatoms. The van der Waals surface area contributed by atoms with Crippen LogP contribution in [0.2, 0.25) is 0 Å². The van der Waals surface area contributed by atoms with Gasteiger partial charge in [0.15, 0.2) is 11.6 Å². The number of rotatable bonds is 4. The molecule has 3 atom stereocenters. The Hall–Kier alpha value is -0.610. The molecular weight excluding hydrogens is 264 g/mol. The molecule has 3 unspecified atom stereocenters. The predicted molar refractivity (Wildman–Crippen MR) is 76.5 cm³/mol. The lowest BCUT2D eigenvalue weighted by atomic mass is 9.84. The maximum atomic E-state index is 13.3. The Morgan fingerprint density at radius 3 is 2.68 bits per heavy atom. The largest absolute Gasteiger partial charge is 0.316 e. The highest BCUT2D eigenvalue weighted by Gasteiger charge is 2.29. The minimum Gasteiger partial charge on any atom is -0.316 e. The molecule has 1 aromatic carbocycles. The van der Waals surface area contributed by atoms with Gasteiger partial charge in [0, 0.05) is 16.2 Å². The standard InChI is InChI=1S/C15H21F2NS/c1-3-10-4-7-14(18-2)15(8-10)19-11-5-6-12(16)13(17)9-11/h5-6,9-10,14-15,18H,3-4,7-8H2,1-2H3. The molecule has 0 saturated heterocycles. The van der Waals surface area contributed by atoms with E-state index >= 15 is 0 Å². The summed E-state index contributed by atoms with van der Waals surface area (Å²) in [5.74, 6) is -0.772. The summed E-state index contributed by atoms with van der Waals surface area (Å²) in [6.45, 7) is 2.23. The second-order valence-corrected chi connectivity index (χ2v) is 6.53. The van der Waals surface area contributed by atoms with Gasteiger partial charge < -0.3 is 5.32 Å². The van der Waals surface area contributed by atoms with Gasteiger partial charge >= 0.3 is 0 Å². The lowest BCUT2D eigenvalue weighted by Crippen LogP contribution is -2.40. The molecule has 19 heavy (non-hydrogen) atoms. The Labute approximate surface area is 118 Å². The van der Waals surface area contributed by atoms with Crippen LogP contribution in [-0.2, 0) is 0 Å². The smallest absolute Gasteiger partial charge is 0.159 e. The van der Waals surface area contributed by atoms with Gasteiger partial charge in [0.2, 0.25) is 0 Å². The van der Waals surface area contributed by atoms with Gasteiger partial charge in [0.05, 0.1) is 0 Å². The number of hydrogen-bond acceptors (Lipinski definition) is 2. The second kappa shape index (κ2) is 6.71.